The number of benzene rings is 2. The van der Waals surface area contributed by atoms with Crippen molar-refractivity contribution in [3.63, 3.8) is 0 Å². The number of nitrogens with two attached hydrogens (primary N) is 1. The van der Waals surface area contributed by atoms with E-state index >= 15 is 0 Å². The molecule has 0 atom stereocenters. The summed E-state index contributed by atoms with van der Waals surface area (Å²) in [4.78, 5) is -0.245. The molecule has 0 heterocycles. The van der Waals surface area contributed by atoms with Crippen LogP contribution in [0.3, 0.4) is 0 Å². The van der Waals surface area contributed by atoms with Gasteiger partial charge in [0, 0.05) is 11.6 Å². The summed E-state index contributed by atoms with van der Waals surface area (Å²) in [5.41, 5.74) is -0.783. The number of aliphatic hydroxyl groups is 1. The molecule has 1 aliphatic rings. The summed E-state index contributed by atoms with van der Waals surface area (Å²) in [6.45, 7) is 0. The molecule has 0 saturated heterocycles. The molecule has 0 amide bonds. The maximum atomic E-state index is 13.6. The lowest BCUT2D eigenvalue weighted by atomic mass is 9.80. The first-order valence-corrected chi connectivity index (χ1v) is 11.3. The fourth-order valence-electron chi connectivity index (χ4n) is 4.16. The normalized spacial score (nSPS) is 22.9. The number of hydrogen-bond acceptors (Lipinski definition) is 4. The molecule has 0 radical (unpaired) electrons. The predicted molar refractivity (Wildman–Crippen MR) is 104 cm³/mol. The molecular formula is C21H20F7NO3S. The van der Waals surface area contributed by atoms with Crippen molar-refractivity contribution in [2.75, 3.05) is 0 Å². The smallest absolute Gasteiger partial charge is 0.369 e. The third-order valence-corrected chi connectivity index (χ3v) is 8.69. The second-order valence-electron chi connectivity index (χ2n) is 8.07. The fourth-order valence-corrected chi connectivity index (χ4v) is 6.33. The zero-order valence-electron chi connectivity index (χ0n) is 16.9. The average Bonchev–Trinajstić information content (AvgIpc) is 2.72. The summed E-state index contributed by atoms with van der Waals surface area (Å²) in [5, 5.41) is 9.60. The minimum absolute atomic E-state index is 0.0456. The fraction of sp³-hybridized carbons (Fsp3) is 0.429. The van der Waals surface area contributed by atoms with E-state index in [9.17, 15) is 44.3 Å². The molecule has 4 nitrogen and oxygen atoms in total. The van der Waals surface area contributed by atoms with Gasteiger partial charge in [0.05, 0.1) is 4.90 Å². The summed E-state index contributed by atoms with van der Waals surface area (Å²) in [7, 11) is -4.25. The minimum Gasteiger partial charge on any atom is -0.369 e. The Morgan fingerprint density at radius 2 is 1.30 bits per heavy atom. The van der Waals surface area contributed by atoms with Gasteiger partial charge in [-0.2, -0.15) is 26.3 Å². The standard InChI is InChI=1S/C21H20F7NO3S/c22-15-5-7-17(8-6-15)33(31,32)18(11-9-16(29)10-12-18)13-1-3-14(4-2-13)19(30,20(23,24)25)21(26,27)28/h1-8,16,30H,9-12,29H2/t16-,18+. The summed E-state index contributed by atoms with van der Waals surface area (Å²) >= 11 is 0. The van der Waals surface area contributed by atoms with Gasteiger partial charge in [0.25, 0.3) is 5.60 Å². The first kappa shape index (κ1) is 25.4. The Kier molecular flexibility index (Phi) is 6.35. The van der Waals surface area contributed by atoms with Crippen molar-refractivity contribution in [2.45, 2.75) is 59.3 Å². The van der Waals surface area contributed by atoms with Crippen LogP contribution in [0.25, 0.3) is 0 Å². The summed E-state index contributed by atoms with van der Waals surface area (Å²) < 4.78 is 118. The van der Waals surface area contributed by atoms with Gasteiger partial charge in [-0.15, -0.1) is 0 Å². The van der Waals surface area contributed by atoms with Gasteiger partial charge in [-0.3, -0.25) is 0 Å². The van der Waals surface area contributed by atoms with Gasteiger partial charge in [0.2, 0.25) is 0 Å². The van der Waals surface area contributed by atoms with Crippen LogP contribution in [0.15, 0.2) is 53.4 Å². The van der Waals surface area contributed by atoms with Gasteiger partial charge in [-0.05, 0) is 55.5 Å². The molecule has 3 rings (SSSR count). The van der Waals surface area contributed by atoms with Crippen molar-refractivity contribution in [3.05, 3.63) is 65.5 Å². The zero-order chi connectivity index (χ0) is 24.9. The first-order valence-electron chi connectivity index (χ1n) is 9.79. The second-order valence-corrected chi connectivity index (χ2v) is 10.3. The Morgan fingerprint density at radius 3 is 1.73 bits per heavy atom. The van der Waals surface area contributed by atoms with Crippen LogP contribution in [-0.4, -0.2) is 31.9 Å². The van der Waals surface area contributed by atoms with Crippen molar-refractivity contribution >= 4 is 9.84 Å². The van der Waals surface area contributed by atoms with Gasteiger partial charge in [-0.25, -0.2) is 12.8 Å². The Hall–Kier alpha value is -2.18. The van der Waals surface area contributed by atoms with E-state index in [1.165, 1.54) is 0 Å². The topological polar surface area (TPSA) is 80.4 Å². The SMILES string of the molecule is N[C@H]1CC[C@@](c2ccc(C(O)(C(F)(F)F)C(F)(F)F)cc2)(S(=O)(=O)c2ccc(F)cc2)CC1. The highest BCUT2D eigenvalue weighted by atomic mass is 32.2. The minimum atomic E-state index is -6.07. The Labute approximate surface area is 185 Å². The van der Waals surface area contributed by atoms with Gasteiger partial charge < -0.3 is 10.8 Å². The highest BCUT2D eigenvalue weighted by molar-refractivity contribution is 7.92. The van der Waals surface area contributed by atoms with Crippen molar-refractivity contribution in [3.8, 4) is 0 Å². The van der Waals surface area contributed by atoms with Crippen LogP contribution in [0.5, 0.6) is 0 Å². The number of hydrogen-bond donors (Lipinski definition) is 2. The van der Waals surface area contributed by atoms with Gasteiger partial charge in [-0.1, -0.05) is 24.3 Å². The van der Waals surface area contributed by atoms with Gasteiger partial charge in [0.15, 0.2) is 9.84 Å². The van der Waals surface area contributed by atoms with Crippen LogP contribution in [0.4, 0.5) is 30.7 Å². The van der Waals surface area contributed by atoms with Crippen LogP contribution >= 0.6 is 0 Å². The van der Waals surface area contributed by atoms with E-state index in [1.807, 2.05) is 0 Å². The molecule has 0 aliphatic heterocycles. The summed E-state index contributed by atoms with van der Waals surface area (Å²) in [5.74, 6) is -0.684. The molecule has 3 N–H and O–H groups in total. The molecule has 0 spiro atoms. The number of sulfone groups is 1. The lowest BCUT2D eigenvalue weighted by Crippen LogP contribution is -2.54. The molecule has 1 fully saturated rings. The van der Waals surface area contributed by atoms with E-state index in [4.69, 9.17) is 5.73 Å². The molecule has 1 aliphatic carbocycles. The molecule has 0 unspecified atom stereocenters. The van der Waals surface area contributed by atoms with Crippen molar-refractivity contribution in [1.82, 2.24) is 0 Å². The van der Waals surface area contributed by atoms with E-state index < -0.39 is 43.9 Å². The van der Waals surface area contributed by atoms with Crippen molar-refractivity contribution < 1.29 is 44.3 Å². The lowest BCUT2D eigenvalue weighted by molar-refractivity contribution is -0.376. The third-order valence-electron chi connectivity index (χ3n) is 6.13. The zero-order valence-corrected chi connectivity index (χ0v) is 17.7. The largest absolute Gasteiger partial charge is 0.430 e. The summed E-state index contributed by atoms with van der Waals surface area (Å²) in [6, 6.07) is 6.16. The summed E-state index contributed by atoms with van der Waals surface area (Å²) in [6.07, 6.45) is -11.8. The highest BCUT2D eigenvalue weighted by Crippen LogP contribution is 2.51. The van der Waals surface area contributed by atoms with Crippen LogP contribution < -0.4 is 5.73 Å². The molecule has 2 aromatic carbocycles. The van der Waals surface area contributed by atoms with Crippen LogP contribution in [-0.2, 0) is 20.2 Å². The van der Waals surface area contributed by atoms with Crippen molar-refractivity contribution in [1.29, 1.82) is 0 Å². The van der Waals surface area contributed by atoms with E-state index in [-0.39, 0.29) is 42.2 Å². The Balaban J connectivity index is 2.15. The van der Waals surface area contributed by atoms with Gasteiger partial charge >= 0.3 is 12.4 Å². The van der Waals surface area contributed by atoms with Crippen LogP contribution in [0.1, 0.15) is 36.8 Å². The number of rotatable bonds is 4. The third kappa shape index (κ3) is 4.12. The molecule has 0 bridgehead atoms. The van der Waals surface area contributed by atoms with Crippen LogP contribution in [0.2, 0.25) is 0 Å². The molecule has 2 aromatic rings. The predicted octanol–water partition coefficient (Wildman–Crippen LogP) is 4.71. The Bertz CT molecular complexity index is 1070. The van der Waals surface area contributed by atoms with Crippen LogP contribution in [0, 0.1) is 5.82 Å². The Morgan fingerprint density at radius 1 is 0.848 bits per heavy atom. The van der Waals surface area contributed by atoms with E-state index in [0.717, 1.165) is 36.4 Å². The lowest BCUT2D eigenvalue weighted by Gasteiger charge is -2.39. The van der Waals surface area contributed by atoms with E-state index in [1.54, 1.807) is 0 Å². The van der Waals surface area contributed by atoms with E-state index in [0.29, 0.717) is 12.1 Å². The molecule has 33 heavy (non-hydrogen) atoms. The maximum Gasteiger partial charge on any atom is 0.430 e. The maximum absolute atomic E-state index is 13.6. The second kappa shape index (κ2) is 8.24. The molecule has 182 valence electrons. The monoisotopic (exact) mass is 499 g/mol. The quantitative estimate of drug-likeness (QED) is 0.472. The van der Waals surface area contributed by atoms with Crippen molar-refractivity contribution in [2.24, 2.45) is 5.73 Å². The highest BCUT2D eigenvalue weighted by Gasteiger charge is 2.71. The van der Waals surface area contributed by atoms with Gasteiger partial charge in [0.1, 0.15) is 10.6 Å². The number of alkyl halides is 6. The molecular weight excluding hydrogens is 479 g/mol. The average molecular weight is 499 g/mol. The molecule has 1 saturated carbocycles. The molecule has 12 heteroatoms. The molecule has 0 aromatic heterocycles. The first-order chi connectivity index (χ1) is 15.1. The van der Waals surface area contributed by atoms with E-state index in [2.05, 4.69) is 0 Å². The number of halogens is 7.